The van der Waals surface area contributed by atoms with Crippen molar-refractivity contribution < 1.29 is 0 Å². The molecule has 22 heavy (non-hydrogen) atoms. The molecule has 0 radical (unpaired) electrons. The monoisotopic (exact) mass is 311 g/mol. The Bertz CT molecular complexity index is 544. The van der Waals surface area contributed by atoms with Crippen molar-refractivity contribution in [3.8, 4) is 0 Å². The predicted molar refractivity (Wildman–Crippen MR) is 99.1 cm³/mol. The second-order valence-corrected chi connectivity index (χ2v) is 7.18. The van der Waals surface area contributed by atoms with Crippen LogP contribution in [-0.4, -0.2) is 24.6 Å². The van der Waals surface area contributed by atoms with Gasteiger partial charge < -0.3 is 4.90 Å². The molecule has 0 bridgehead atoms. The lowest BCUT2D eigenvalue weighted by atomic mass is 10.0. The van der Waals surface area contributed by atoms with E-state index in [1.165, 1.54) is 67.1 Å². The van der Waals surface area contributed by atoms with Crippen molar-refractivity contribution in [2.75, 3.05) is 29.5 Å². The maximum absolute atomic E-state index is 2.51. The van der Waals surface area contributed by atoms with Crippen LogP contribution in [-0.2, 0) is 12.8 Å². The fourth-order valence-electron chi connectivity index (χ4n) is 3.00. The van der Waals surface area contributed by atoms with Crippen molar-refractivity contribution in [3.63, 3.8) is 0 Å². The first-order chi connectivity index (χ1) is 10.9. The van der Waals surface area contributed by atoms with Crippen molar-refractivity contribution in [2.24, 2.45) is 0 Å². The summed E-state index contributed by atoms with van der Waals surface area (Å²) in [7, 11) is 0. The van der Waals surface area contributed by atoms with Crippen molar-refractivity contribution in [2.45, 2.75) is 25.7 Å². The first kappa shape index (κ1) is 15.5. The molecule has 1 saturated heterocycles. The smallest absolute Gasteiger partial charge is 0.0366 e. The van der Waals surface area contributed by atoms with Crippen molar-refractivity contribution >= 4 is 17.4 Å². The summed E-state index contributed by atoms with van der Waals surface area (Å²) in [5.41, 5.74) is 4.33. The second kappa shape index (κ2) is 8.28. The Morgan fingerprint density at radius 3 is 1.95 bits per heavy atom. The van der Waals surface area contributed by atoms with Crippen LogP contribution in [0.2, 0.25) is 0 Å². The van der Waals surface area contributed by atoms with E-state index in [9.17, 15) is 0 Å². The largest absolute Gasteiger partial charge is 0.370 e. The van der Waals surface area contributed by atoms with Gasteiger partial charge in [-0.2, -0.15) is 11.8 Å². The summed E-state index contributed by atoms with van der Waals surface area (Å²) in [4.78, 5) is 2.51. The Kier molecular flexibility index (Phi) is 5.83. The molecule has 0 N–H and O–H groups in total. The van der Waals surface area contributed by atoms with E-state index < -0.39 is 0 Å². The fourth-order valence-corrected chi connectivity index (χ4v) is 3.90. The third kappa shape index (κ3) is 4.54. The molecule has 2 aromatic rings. The van der Waals surface area contributed by atoms with Crippen LogP contribution in [0.4, 0.5) is 5.69 Å². The number of unbranched alkanes of at least 4 members (excludes halogenated alkanes) is 1. The minimum Gasteiger partial charge on any atom is -0.370 e. The van der Waals surface area contributed by atoms with E-state index in [4.69, 9.17) is 0 Å². The summed E-state index contributed by atoms with van der Waals surface area (Å²) in [5.74, 6) is 2.53. The Balaban J connectivity index is 1.43. The highest BCUT2D eigenvalue weighted by molar-refractivity contribution is 7.99. The van der Waals surface area contributed by atoms with Crippen LogP contribution >= 0.6 is 11.8 Å². The zero-order valence-electron chi connectivity index (χ0n) is 13.2. The summed E-state index contributed by atoms with van der Waals surface area (Å²) in [5, 5.41) is 0. The molecule has 0 saturated carbocycles. The van der Waals surface area contributed by atoms with Gasteiger partial charge in [0.1, 0.15) is 0 Å². The van der Waals surface area contributed by atoms with Crippen LogP contribution in [0.25, 0.3) is 0 Å². The molecule has 1 heterocycles. The highest BCUT2D eigenvalue weighted by atomic mass is 32.2. The van der Waals surface area contributed by atoms with Crippen LogP contribution in [0, 0.1) is 0 Å². The Morgan fingerprint density at radius 2 is 1.32 bits per heavy atom. The van der Waals surface area contributed by atoms with Gasteiger partial charge in [0, 0.05) is 30.3 Å². The number of thioether (sulfide) groups is 1. The summed E-state index contributed by atoms with van der Waals surface area (Å²) < 4.78 is 0. The average Bonchev–Trinajstić information content (AvgIpc) is 2.61. The highest BCUT2D eigenvalue weighted by Crippen LogP contribution is 2.20. The molecule has 1 nitrogen and oxygen atoms in total. The van der Waals surface area contributed by atoms with Crippen LogP contribution in [0.15, 0.2) is 54.6 Å². The molecule has 0 spiro atoms. The van der Waals surface area contributed by atoms with Crippen LogP contribution < -0.4 is 4.90 Å². The number of hydrogen-bond donors (Lipinski definition) is 0. The van der Waals surface area contributed by atoms with E-state index in [1.807, 2.05) is 0 Å². The molecule has 1 aliphatic rings. The lowest BCUT2D eigenvalue weighted by molar-refractivity contribution is 0.734. The zero-order valence-corrected chi connectivity index (χ0v) is 14.0. The molecule has 116 valence electrons. The van der Waals surface area contributed by atoms with Gasteiger partial charge >= 0.3 is 0 Å². The van der Waals surface area contributed by atoms with Gasteiger partial charge in [0.15, 0.2) is 0 Å². The Morgan fingerprint density at radius 1 is 0.727 bits per heavy atom. The highest BCUT2D eigenvalue weighted by Gasteiger charge is 2.10. The van der Waals surface area contributed by atoms with E-state index in [0.29, 0.717) is 0 Å². The van der Waals surface area contributed by atoms with E-state index in [0.717, 1.165) is 0 Å². The molecule has 0 aliphatic carbocycles. The predicted octanol–water partition coefficient (Wildman–Crippen LogP) is 4.81. The zero-order chi connectivity index (χ0) is 15.0. The van der Waals surface area contributed by atoms with E-state index in [2.05, 4.69) is 71.3 Å². The molecule has 3 rings (SSSR count). The molecule has 2 aromatic carbocycles. The van der Waals surface area contributed by atoms with E-state index >= 15 is 0 Å². The SMILES string of the molecule is c1ccc(CCCCc2ccc(N3CCSCC3)cc2)cc1. The van der Waals surface area contributed by atoms with Crippen molar-refractivity contribution in [3.05, 3.63) is 65.7 Å². The molecule has 0 aromatic heterocycles. The lowest BCUT2D eigenvalue weighted by Gasteiger charge is -2.28. The number of aryl methyl sites for hydroxylation is 2. The molecule has 0 atom stereocenters. The molecular weight excluding hydrogens is 286 g/mol. The molecule has 1 fully saturated rings. The molecule has 0 unspecified atom stereocenters. The first-order valence-corrected chi connectivity index (χ1v) is 9.53. The fraction of sp³-hybridized carbons (Fsp3) is 0.400. The van der Waals surface area contributed by atoms with E-state index in [1.54, 1.807) is 0 Å². The molecular formula is C20H25NS. The molecule has 0 amide bonds. The van der Waals surface area contributed by atoms with Gasteiger partial charge in [0.25, 0.3) is 0 Å². The summed E-state index contributed by atoms with van der Waals surface area (Å²) in [6, 6.07) is 20.1. The normalized spacial score (nSPS) is 15.0. The maximum atomic E-state index is 2.51. The number of nitrogens with zero attached hydrogens (tertiary/aromatic N) is 1. The third-order valence-corrected chi connectivity index (χ3v) is 5.28. The number of rotatable bonds is 6. The quantitative estimate of drug-likeness (QED) is 0.705. The van der Waals surface area contributed by atoms with Gasteiger partial charge in [0.05, 0.1) is 0 Å². The van der Waals surface area contributed by atoms with Gasteiger partial charge in [-0.15, -0.1) is 0 Å². The minimum atomic E-state index is 1.20. The maximum Gasteiger partial charge on any atom is 0.0366 e. The van der Waals surface area contributed by atoms with Gasteiger partial charge in [-0.3, -0.25) is 0 Å². The number of hydrogen-bond acceptors (Lipinski definition) is 2. The average molecular weight is 311 g/mol. The minimum absolute atomic E-state index is 1.20. The Labute approximate surface area is 138 Å². The van der Waals surface area contributed by atoms with Crippen LogP contribution in [0.3, 0.4) is 0 Å². The second-order valence-electron chi connectivity index (χ2n) is 5.96. The van der Waals surface area contributed by atoms with Crippen LogP contribution in [0.5, 0.6) is 0 Å². The van der Waals surface area contributed by atoms with Gasteiger partial charge in [-0.05, 0) is 48.9 Å². The number of anilines is 1. The summed E-state index contributed by atoms with van der Waals surface area (Å²) in [6.45, 7) is 2.39. The standard InChI is InChI=1S/C20H25NS/c1-2-6-18(7-3-1)8-4-5-9-19-10-12-20(13-11-19)21-14-16-22-17-15-21/h1-3,6-7,10-13H,4-5,8-9,14-17H2. The molecule has 1 aliphatic heterocycles. The molecule has 2 heteroatoms. The lowest BCUT2D eigenvalue weighted by Crippen LogP contribution is -2.32. The van der Waals surface area contributed by atoms with Crippen LogP contribution in [0.1, 0.15) is 24.0 Å². The van der Waals surface area contributed by atoms with Gasteiger partial charge in [-0.25, -0.2) is 0 Å². The Hall–Kier alpha value is -1.41. The third-order valence-electron chi connectivity index (χ3n) is 4.34. The first-order valence-electron chi connectivity index (χ1n) is 8.37. The summed E-state index contributed by atoms with van der Waals surface area (Å²) in [6.07, 6.45) is 4.94. The summed E-state index contributed by atoms with van der Waals surface area (Å²) >= 11 is 2.07. The topological polar surface area (TPSA) is 3.24 Å². The van der Waals surface area contributed by atoms with Gasteiger partial charge in [-0.1, -0.05) is 42.5 Å². The van der Waals surface area contributed by atoms with E-state index in [-0.39, 0.29) is 0 Å². The van der Waals surface area contributed by atoms with Gasteiger partial charge in [0.2, 0.25) is 0 Å². The van der Waals surface area contributed by atoms with Crippen molar-refractivity contribution in [1.82, 2.24) is 0 Å². The number of benzene rings is 2. The van der Waals surface area contributed by atoms with Crippen molar-refractivity contribution in [1.29, 1.82) is 0 Å².